The van der Waals surface area contributed by atoms with Crippen molar-refractivity contribution < 1.29 is 14.3 Å². The van der Waals surface area contributed by atoms with Crippen LogP contribution < -0.4 is 10.6 Å². The second-order valence-electron chi connectivity index (χ2n) is 11.1. The van der Waals surface area contributed by atoms with Crippen molar-refractivity contribution in [1.29, 1.82) is 0 Å². The number of anilines is 2. The molecule has 9 heteroatoms. The molecule has 0 unspecified atom stereocenters. The molecule has 4 rings (SSSR count). The third-order valence-electron chi connectivity index (χ3n) is 7.79. The first-order chi connectivity index (χ1) is 16.1. The summed E-state index contributed by atoms with van der Waals surface area (Å²) in [5.41, 5.74) is 2.50. The lowest BCUT2D eigenvalue weighted by Crippen LogP contribution is -2.45. The van der Waals surface area contributed by atoms with Gasteiger partial charge in [-0.3, -0.25) is 0 Å². The Bertz CT molecular complexity index is 983. The van der Waals surface area contributed by atoms with Gasteiger partial charge in [-0.1, -0.05) is 45.0 Å². The minimum Gasteiger partial charge on any atom is -0.413 e. The van der Waals surface area contributed by atoms with Gasteiger partial charge in [0.25, 0.3) is 0 Å². The van der Waals surface area contributed by atoms with E-state index in [-0.39, 0.29) is 41.9 Å². The Kier molecular flexibility index (Phi) is 7.28. The highest BCUT2D eigenvalue weighted by molar-refractivity contribution is 6.74. The van der Waals surface area contributed by atoms with E-state index in [1.165, 1.54) is 17.5 Å². The molecule has 0 aliphatic heterocycles. The third kappa shape index (κ3) is 5.27. The van der Waals surface area contributed by atoms with Crippen molar-refractivity contribution in [1.82, 2.24) is 15.0 Å². The van der Waals surface area contributed by atoms with Gasteiger partial charge < -0.3 is 24.9 Å². The zero-order valence-electron chi connectivity index (χ0n) is 21.2. The fourth-order valence-electron chi connectivity index (χ4n) is 4.80. The molecular formula is C25H39N5O3Si. The number of aliphatic hydroxyl groups excluding tert-OH is 1. The number of rotatable bonds is 8. The zero-order chi connectivity index (χ0) is 24.5. The van der Waals surface area contributed by atoms with Crippen molar-refractivity contribution in [2.75, 3.05) is 24.4 Å². The highest BCUT2D eigenvalue weighted by Crippen LogP contribution is 2.41. The summed E-state index contributed by atoms with van der Waals surface area (Å²) in [7, 11) is -0.179. The van der Waals surface area contributed by atoms with Crippen LogP contribution in [0.15, 0.2) is 30.6 Å². The molecule has 3 N–H and O–H groups in total. The Labute approximate surface area is 204 Å². The van der Waals surface area contributed by atoms with Crippen molar-refractivity contribution in [3.05, 3.63) is 41.7 Å². The minimum absolute atomic E-state index is 0.0101. The van der Waals surface area contributed by atoms with E-state index in [0.717, 1.165) is 19.3 Å². The van der Waals surface area contributed by atoms with Crippen LogP contribution in [0, 0.1) is 5.92 Å². The molecule has 8 nitrogen and oxygen atoms in total. The van der Waals surface area contributed by atoms with Crippen molar-refractivity contribution >= 4 is 20.2 Å². The maximum Gasteiger partial charge on any atom is 0.228 e. The Hall–Kier alpha value is -2.07. The molecule has 0 bridgehead atoms. The zero-order valence-corrected chi connectivity index (χ0v) is 22.2. The molecule has 5 atom stereocenters. The van der Waals surface area contributed by atoms with Crippen LogP contribution in [0.1, 0.15) is 50.8 Å². The SMILES string of the molecule is CO[C@H]1Cc2ccccc2[C@H]1Nc1ncnc(N[C@@H]2C[C@@H](CO)[C@@H](O[Si](C)(C)C(C)(C)C)C2)n1. The van der Waals surface area contributed by atoms with E-state index in [1.807, 2.05) is 6.07 Å². The molecule has 2 aliphatic rings. The monoisotopic (exact) mass is 485 g/mol. The second-order valence-corrected chi connectivity index (χ2v) is 15.9. The summed E-state index contributed by atoms with van der Waals surface area (Å²) in [6, 6.07) is 8.50. The fraction of sp³-hybridized carbons (Fsp3) is 0.640. The summed E-state index contributed by atoms with van der Waals surface area (Å²) < 4.78 is 12.4. The number of nitrogens with one attached hydrogen (secondary N) is 2. The van der Waals surface area contributed by atoms with Gasteiger partial charge in [0.15, 0.2) is 8.32 Å². The van der Waals surface area contributed by atoms with Gasteiger partial charge in [0.2, 0.25) is 11.9 Å². The number of hydrogen-bond donors (Lipinski definition) is 3. The minimum atomic E-state index is -1.92. The van der Waals surface area contributed by atoms with Crippen molar-refractivity contribution in [2.45, 2.75) is 82.5 Å². The first-order valence-corrected chi connectivity index (χ1v) is 15.1. The van der Waals surface area contributed by atoms with Gasteiger partial charge in [-0.05, 0) is 42.1 Å². The van der Waals surface area contributed by atoms with E-state index >= 15 is 0 Å². The van der Waals surface area contributed by atoms with E-state index in [9.17, 15) is 5.11 Å². The lowest BCUT2D eigenvalue weighted by molar-refractivity contribution is 0.0958. The third-order valence-corrected chi connectivity index (χ3v) is 12.3. The molecule has 0 amide bonds. The number of methoxy groups -OCH3 is 1. The first kappa shape index (κ1) is 25.0. The number of aliphatic hydroxyl groups is 1. The Morgan fingerprint density at radius 2 is 1.76 bits per heavy atom. The maximum absolute atomic E-state index is 10.00. The van der Waals surface area contributed by atoms with Gasteiger partial charge in [0.05, 0.1) is 18.2 Å². The summed E-state index contributed by atoms with van der Waals surface area (Å²) in [5, 5.41) is 17.0. The molecule has 1 saturated carbocycles. The van der Waals surface area contributed by atoms with Gasteiger partial charge >= 0.3 is 0 Å². The average Bonchev–Trinajstić information content (AvgIpc) is 3.33. The summed E-state index contributed by atoms with van der Waals surface area (Å²) in [4.78, 5) is 13.3. The predicted octanol–water partition coefficient (Wildman–Crippen LogP) is 4.17. The molecule has 0 radical (unpaired) electrons. The molecule has 0 saturated heterocycles. The van der Waals surface area contributed by atoms with Crippen molar-refractivity contribution in [3.8, 4) is 0 Å². The molecule has 0 spiro atoms. The first-order valence-electron chi connectivity index (χ1n) is 12.2. The molecule has 1 aromatic carbocycles. The summed E-state index contributed by atoms with van der Waals surface area (Å²) in [5.74, 6) is 1.17. The van der Waals surface area contributed by atoms with Crippen LogP contribution in [0.3, 0.4) is 0 Å². The second kappa shape index (κ2) is 9.89. The van der Waals surface area contributed by atoms with Crippen LogP contribution >= 0.6 is 0 Å². The summed E-state index contributed by atoms with van der Waals surface area (Å²) >= 11 is 0. The van der Waals surface area contributed by atoms with Crippen molar-refractivity contribution in [2.24, 2.45) is 5.92 Å². The summed E-state index contributed by atoms with van der Waals surface area (Å²) in [6.07, 6.45) is 4.11. The number of ether oxygens (including phenoxy) is 1. The smallest absolute Gasteiger partial charge is 0.228 e. The normalized spacial score (nSPS) is 27.0. The number of hydrogen-bond acceptors (Lipinski definition) is 8. The van der Waals surface area contributed by atoms with Crippen LogP contribution in [-0.2, 0) is 15.6 Å². The topological polar surface area (TPSA) is 101 Å². The Morgan fingerprint density at radius 1 is 1.06 bits per heavy atom. The van der Waals surface area contributed by atoms with E-state index < -0.39 is 8.32 Å². The van der Waals surface area contributed by atoms with Crippen LogP contribution in [0.5, 0.6) is 0 Å². The molecule has 2 aromatic rings. The van der Waals surface area contributed by atoms with Crippen LogP contribution in [0.2, 0.25) is 18.1 Å². The molecule has 2 aliphatic carbocycles. The van der Waals surface area contributed by atoms with Gasteiger partial charge in [0.1, 0.15) is 6.33 Å². The highest BCUT2D eigenvalue weighted by atomic mass is 28.4. The number of aromatic nitrogens is 3. The largest absolute Gasteiger partial charge is 0.413 e. The molecule has 34 heavy (non-hydrogen) atoms. The standard InChI is InChI=1S/C25H39N5O3Si/c1-25(2,3)34(5,6)33-20-13-18(11-17(20)14-31)28-23-26-15-27-24(30-23)29-22-19-10-8-7-9-16(19)12-21(22)32-4/h7-10,15,17-18,20-22,31H,11-14H2,1-6H3,(H2,26,27,28,29,30)/t17-,18+,20-,21-,22+/m0/s1. The number of fused-ring (bicyclic) bond motifs is 1. The van der Waals surface area contributed by atoms with Crippen molar-refractivity contribution in [3.63, 3.8) is 0 Å². The van der Waals surface area contributed by atoms with Crippen LogP contribution in [0.25, 0.3) is 0 Å². The number of benzene rings is 1. The Balaban J connectivity index is 1.43. The molecule has 1 fully saturated rings. The van der Waals surface area contributed by atoms with Gasteiger partial charge in [-0.15, -0.1) is 0 Å². The average molecular weight is 486 g/mol. The highest BCUT2D eigenvalue weighted by Gasteiger charge is 2.44. The van der Waals surface area contributed by atoms with E-state index in [1.54, 1.807) is 7.11 Å². The van der Waals surface area contributed by atoms with Gasteiger partial charge in [0, 0.05) is 32.1 Å². The molecular weight excluding hydrogens is 446 g/mol. The quantitative estimate of drug-likeness (QED) is 0.479. The molecule has 186 valence electrons. The van der Waals surface area contributed by atoms with Crippen LogP contribution in [-0.4, -0.2) is 60.3 Å². The molecule has 1 heterocycles. The lowest BCUT2D eigenvalue weighted by atomic mass is 10.1. The lowest BCUT2D eigenvalue weighted by Gasteiger charge is -2.39. The number of nitrogens with zero attached hydrogens (tertiary/aromatic N) is 3. The van der Waals surface area contributed by atoms with E-state index in [0.29, 0.717) is 11.9 Å². The van der Waals surface area contributed by atoms with Crippen LogP contribution in [0.4, 0.5) is 11.9 Å². The summed E-state index contributed by atoms with van der Waals surface area (Å²) in [6.45, 7) is 11.4. The fourth-order valence-corrected chi connectivity index (χ4v) is 6.20. The van der Waals surface area contributed by atoms with E-state index in [4.69, 9.17) is 9.16 Å². The molecule has 1 aromatic heterocycles. The Morgan fingerprint density at radius 3 is 2.44 bits per heavy atom. The van der Waals surface area contributed by atoms with E-state index in [2.05, 4.69) is 77.6 Å². The van der Waals surface area contributed by atoms with Gasteiger partial charge in [-0.2, -0.15) is 4.98 Å². The maximum atomic E-state index is 10.00. The van der Waals surface area contributed by atoms with Gasteiger partial charge in [-0.25, -0.2) is 9.97 Å². The predicted molar refractivity (Wildman–Crippen MR) is 136 cm³/mol.